The van der Waals surface area contributed by atoms with E-state index in [-0.39, 0.29) is 0 Å². The van der Waals surface area contributed by atoms with Crippen LogP contribution in [-0.2, 0) is 11.2 Å². The first-order chi connectivity index (χ1) is 9.72. The van der Waals surface area contributed by atoms with Crippen LogP contribution in [0.4, 0.5) is 5.82 Å². The lowest BCUT2D eigenvalue weighted by atomic mass is 10.3. The van der Waals surface area contributed by atoms with Crippen molar-refractivity contribution in [2.24, 2.45) is 0 Å². The summed E-state index contributed by atoms with van der Waals surface area (Å²) in [5.74, 6) is 0.654. The normalized spacial score (nSPS) is 10.5. The van der Waals surface area contributed by atoms with E-state index in [1.165, 1.54) is 0 Å². The summed E-state index contributed by atoms with van der Waals surface area (Å²) in [6, 6.07) is 3.70. The highest BCUT2D eigenvalue weighted by Crippen LogP contribution is 2.11. The highest BCUT2D eigenvalue weighted by molar-refractivity contribution is 7.80. The molecule has 0 unspecified atom stereocenters. The Balaban J connectivity index is 2.20. The monoisotopic (exact) mass is 291 g/mol. The van der Waals surface area contributed by atoms with Crippen LogP contribution in [-0.4, -0.2) is 40.3 Å². The molecule has 2 heterocycles. The molecule has 0 aliphatic rings. The van der Waals surface area contributed by atoms with Crippen molar-refractivity contribution >= 4 is 34.3 Å². The minimum absolute atomic E-state index is 0.544. The van der Waals surface area contributed by atoms with Crippen LogP contribution < -0.4 is 10.6 Å². The Kier molecular flexibility index (Phi) is 5.14. The molecule has 0 saturated heterocycles. The topological polar surface area (TPSA) is 72.0 Å². The Labute approximate surface area is 123 Å². The van der Waals surface area contributed by atoms with E-state index in [4.69, 9.17) is 17.0 Å². The lowest BCUT2D eigenvalue weighted by Crippen LogP contribution is -2.28. The molecule has 6 nitrogen and oxygen atoms in total. The Morgan fingerprint density at radius 2 is 2.20 bits per heavy atom. The molecule has 20 heavy (non-hydrogen) atoms. The number of aromatic nitrogens is 3. The second-order valence-corrected chi connectivity index (χ2v) is 4.54. The fourth-order valence-electron chi connectivity index (χ4n) is 1.65. The Bertz CT molecular complexity index is 604. The number of pyridine rings is 1. The van der Waals surface area contributed by atoms with Gasteiger partial charge < -0.3 is 15.4 Å². The zero-order valence-electron chi connectivity index (χ0n) is 11.5. The minimum atomic E-state index is 0.544. The molecule has 0 spiro atoms. The maximum absolute atomic E-state index is 5.13. The second kappa shape index (κ2) is 7.06. The third kappa shape index (κ3) is 3.82. The molecule has 2 aromatic heterocycles. The van der Waals surface area contributed by atoms with Crippen LogP contribution in [0.1, 0.15) is 12.6 Å². The van der Waals surface area contributed by atoms with Gasteiger partial charge in [-0.3, -0.25) is 4.98 Å². The molecule has 0 atom stereocenters. The van der Waals surface area contributed by atoms with Gasteiger partial charge in [-0.15, -0.1) is 0 Å². The van der Waals surface area contributed by atoms with Crippen molar-refractivity contribution in [1.82, 2.24) is 20.3 Å². The summed E-state index contributed by atoms with van der Waals surface area (Å²) in [5.41, 5.74) is 2.22. The van der Waals surface area contributed by atoms with E-state index >= 15 is 0 Å². The molecule has 2 aromatic rings. The highest BCUT2D eigenvalue weighted by Gasteiger charge is 2.04. The molecule has 0 fully saturated rings. The molecular formula is C13H17N5OS. The number of ether oxygens (including phenoxy) is 1. The van der Waals surface area contributed by atoms with Gasteiger partial charge in [0.2, 0.25) is 0 Å². The third-order valence-corrected chi connectivity index (χ3v) is 2.84. The fourth-order valence-corrected chi connectivity index (χ4v) is 1.90. The van der Waals surface area contributed by atoms with Crippen LogP contribution in [0, 0.1) is 0 Å². The van der Waals surface area contributed by atoms with Gasteiger partial charge in [-0.1, -0.05) is 0 Å². The average molecular weight is 291 g/mol. The van der Waals surface area contributed by atoms with Gasteiger partial charge in [0.25, 0.3) is 0 Å². The van der Waals surface area contributed by atoms with Crippen molar-refractivity contribution in [3.8, 4) is 0 Å². The summed E-state index contributed by atoms with van der Waals surface area (Å²) in [7, 11) is 1.66. The zero-order valence-corrected chi connectivity index (χ0v) is 12.3. The van der Waals surface area contributed by atoms with E-state index in [9.17, 15) is 0 Å². The molecule has 2 N–H and O–H groups in total. The molecule has 0 saturated carbocycles. The van der Waals surface area contributed by atoms with Crippen LogP contribution in [0.25, 0.3) is 11.2 Å². The Morgan fingerprint density at radius 1 is 1.35 bits per heavy atom. The van der Waals surface area contributed by atoms with Gasteiger partial charge in [0.05, 0.1) is 12.3 Å². The van der Waals surface area contributed by atoms with Crippen molar-refractivity contribution in [3.05, 3.63) is 24.0 Å². The van der Waals surface area contributed by atoms with E-state index in [0.717, 1.165) is 17.8 Å². The third-order valence-electron chi connectivity index (χ3n) is 2.60. The van der Waals surface area contributed by atoms with Crippen LogP contribution in [0.3, 0.4) is 0 Å². The maximum atomic E-state index is 5.13. The van der Waals surface area contributed by atoms with E-state index < -0.39 is 0 Å². The molecule has 0 bridgehead atoms. The quantitative estimate of drug-likeness (QED) is 0.809. The number of rotatable bonds is 5. The summed E-state index contributed by atoms with van der Waals surface area (Å²) >= 11 is 5.13. The highest BCUT2D eigenvalue weighted by atomic mass is 32.1. The number of anilines is 1. The Morgan fingerprint density at radius 3 is 2.95 bits per heavy atom. The number of nitrogens with zero attached hydrogens (tertiary/aromatic N) is 3. The van der Waals surface area contributed by atoms with Crippen LogP contribution >= 0.6 is 12.2 Å². The van der Waals surface area contributed by atoms with Gasteiger partial charge >= 0.3 is 0 Å². The molecule has 7 heteroatoms. The van der Waals surface area contributed by atoms with Crippen molar-refractivity contribution in [3.63, 3.8) is 0 Å². The van der Waals surface area contributed by atoms with E-state index in [1.807, 2.05) is 19.1 Å². The first-order valence-corrected chi connectivity index (χ1v) is 6.80. The number of nitrogens with one attached hydrogen (secondary N) is 2. The van der Waals surface area contributed by atoms with Gasteiger partial charge in [0.15, 0.2) is 10.8 Å². The largest absolute Gasteiger partial charge is 0.384 e. The summed E-state index contributed by atoms with van der Waals surface area (Å²) < 4.78 is 5.04. The van der Waals surface area contributed by atoms with Crippen LogP contribution in [0.5, 0.6) is 0 Å². The van der Waals surface area contributed by atoms with Gasteiger partial charge in [-0.25, -0.2) is 9.97 Å². The number of hydrogen-bond acceptors (Lipinski definition) is 5. The molecule has 0 aliphatic carbocycles. The fraction of sp³-hybridized carbons (Fsp3) is 0.385. The number of methoxy groups -OCH3 is 1. The van der Waals surface area contributed by atoms with Crippen molar-refractivity contribution < 1.29 is 4.74 Å². The number of fused-ring (bicyclic) bond motifs is 1. The predicted octanol–water partition coefficient (Wildman–Crippen LogP) is 1.52. The maximum Gasteiger partial charge on any atom is 0.180 e. The van der Waals surface area contributed by atoms with Crippen molar-refractivity contribution in [2.75, 3.05) is 25.6 Å². The van der Waals surface area contributed by atoms with E-state index in [2.05, 4.69) is 25.6 Å². The molecular weight excluding hydrogens is 274 g/mol. The molecule has 0 amide bonds. The SMILES string of the molecule is CCNC(=S)Nc1ccc2ncc(CCOC)nc2n1. The van der Waals surface area contributed by atoms with Gasteiger partial charge in [-0.2, -0.15) is 0 Å². The van der Waals surface area contributed by atoms with Crippen molar-refractivity contribution in [2.45, 2.75) is 13.3 Å². The lowest BCUT2D eigenvalue weighted by molar-refractivity contribution is 0.201. The summed E-state index contributed by atoms with van der Waals surface area (Å²) in [6.45, 7) is 3.36. The first-order valence-electron chi connectivity index (χ1n) is 6.39. The smallest absolute Gasteiger partial charge is 0.180 e. The minimum Gasteiger partial charge on any atom is -0.384 e. The molecule has 106 valence electrons. The molecule has 0 aromatic carbocycles. The number of thiocarbonyl (C=S) groups is 1. The molecule has 0 aliphatic heterocycles. The summed E-state index contributed by atoms with van der Waals surface area (Å²) in [5, 5.41) is 6.57. The summed E-state index contributed by atoms with van der Waals surface area (Å²) in [6.07, 6.45) is 2.47. The van der Waals surface area contributed by atoms with E-state index in [0.29, 0.717) is 29.6 Å². The first kappa shape index (κ1) is 14.5. The van der Waals surface area contributed by atoms with Crippen LogP contribution in [0.2, 0.25) is 0 Å². The standard InChI is InChI=1S/C13H17N5OS/c1-3-14-13(20)18-11-5-4-10-12(17-11)16-9(8-15-10)6-7-19-2/h4-5,8H,3,6-7H2,1-2H3,(H2,14,16,17,18,20). The second-order valence-electron chi connectivity index (χ2n) is 4.13. The predicted molar refractivity (Wildman–Crippen MR) is 82.8 cm³/mol. The summed E-state index contributed by atoms with van der Waals surface area (Å²) in [4.78, 5) is 13.2. The van der Waals surface area contributed by atoms with Gasteiger partial charge in [0.1, 0.15) is 11.3 Å². The number of hydrogen-bond donors (Lipinski definition) is 2. The zero-order chi connectivity index (χ0) is 14.4. The van der Waals surface area contributed by atoms with E-state index in [1.54, 1.807) is 13.3 Å². The Hall–Kier alpha value is -1.86. The van der Waals surface area contributed by atoms with Gasteiger partial charge in [-0.05, 0) is 31.3 Å². The van der Waals surface area contributed by atoms with Gasteiger partial charge in [0, 0.05) is 26.3 Å². The molecule has 2 rings (SSSR count). The molecule has 0 radical (unpaired) electrons. The average Bonchev–Trinajstić information content (AvgIpc) is 2.45. The van der Waals surface area contributed by atoms with Crippen LogP contribution in [0.15, 0.2) is 18.3 Å². The van der Waals surface area contributed by atoms with Crippen molar-refractivity contribution in [1.29, 1.82) is 0 Å². The lowest BCUT2D eigenvalue weighted by Gasteiger charge is -2.08.